The van der Waals surface area contributed by atoms with Crippen LogP contribution in [-0.4, -0.2) is 14.2 Å². The second kappa shape index (κ2) is 9.09. The van der Waals surface area contributed by atoms with Crippen LogP contribution in [0, 0.1) is 0 Å². The number of rotatable bonds is 8. The first kappa shape index (κ1) is 18.0. The fourth-order valence-electron chi connectivity index (χ4n) is 2.31. The van der Waals surface area contributed by atoms with Crippen LogP contribution in [0.25, 0.3) is 0 Å². The van der Waals surface area contributed by atoms with Gasteiger partial charge in [0.2, 0.25) is 0 Å². The van der Waals surface area contributed by atoms with Crippen LogP contribution in [-0.2, 0) is 6.42 Å². The first-order valence-electron chi connectivity index (χ1n) is 7.57. The van der Waals surface area contributed by atoms with Crippen LogP contribution in [0.3, 0.4) is 0 Å². The SMILES string of the molecule is C=C=COc1ccc(Cc2ccc(OC=C=C)cc2OC)c(OC)c1. The predicted molar refractivity (Wildman–Crippen MR) is 97.5 cm³/mol. The monoisotopic (exact) mass is 336 g/mol. The van der Waals surface area contributed by atoms with E-state index >= 15 is 0 Å². The van der Waals surface area contributed by atoms with E-state index in [0.29, 0.717) is 17.9 Å². The zero-order valence-corrected chi connectivity index (χ0v) is 14.4. The molecule has 128 valence electrons. The Morgan fingerprint density at radius 1 is 0.800 bits per heavy atom. The van der Waals surface area contributed by atoms with Crippen LogP contribution >= 0.6 is 0 Å². The van der Waals surface area contributed by atoms with Crippen molar-refractivity contribution in [3.8, 4) is 23.0 Å². The lowest BCUT2D eigenvalue weighted by atomic mass is 10.0. The molecule has 2 rings (SSSR count). The van der Waals surface area contributed by atoms with Gasteiger partial charge in [0.1, 0.15) is 35.5 Å². The molecule has 4 nitrogen and oxygen atoms in total. The van der Waals surface area contributed by atoms with Crippen LogP contribution in [0.15, 0.2) is 73.5 Å². The maximum absolute atomic E-state index is 5.47. The Morgan fingerprint density at radius 2 is 1.24 bits per heavy atom. The molecule has 0 radical (unpaired) electrons. The van der Waals surface area contributed by atoms with Crippen molar-refractivity contribution in [2.24, 2.45) is 0 Å². The van der Waals surface area contributed by atoms with Crippen molar-refractivity contribution in [2.45, 2.75) is 6.42 Å². The van der Waals surface area contributed by atoms with E-state index < -0.39 is 0 Å². The molecule has 0 aliphatic rings. The van der Waals surface area contributed by atoms with E-state index in [0.717, 1.165) is 22.6 Å². The summed E-state index contributed by atoms with van der Waals surface area (Å²) in [6.45, 7) is 6.93. The highest BCUT2D eigenvalue weighted by atomic mass is 16.5. The van der Waals surface area contributed by atoms with Gasteiger partial charge in [-0.25, -0.2) is 0 Å². The lowest BCUT2D eigenvalue weighted by molar-refractivity contribution is 0.399. The summed E-state index contributed by atoms with van der Waals surface area (Å²) in [4.78, 5) is 0. The Balaban J connectivity index is 2.28. The van der Waals surface area contributed by atoms with Crippen molar-refractivity contribution in [2.75, 3.05) is 14.2 Å². The average molecular weight is 336 g/mol. The van der Waals surface area contributed by atoms with E-state index in [-0.39, 0.29) is 0 Å². The Morgan fingerprint density at radius 3 is 1.60 bits per heavy atom. The molecule has 0 unspecified atom stereocenters. The number of benzene rings is 2. The molecule has 0 saturated heterocycles. The van der Waals surface area contributed by atoms with Gasteiger partial charge >= 0.3 is 0 Å². The van der Waals surface area contributed by atoms with Crippen molar-refractivity contribution in [1.29, 1.82) is 0 Å². The minimum atomic E-state index is 0.640. The number of methoxy groups -OCH3 is 2. The molecule has 0 heterocycles. The minimum Gasteiger partial charge on any atom is -0.496 e. The fraction of sp³-hybridized carbons (Fsp3) is 0.143. The third-order valence-electron chi connectivity index (χ3n) is 3.45. The van der Waals surface area contributed by atoms with E-state index in [1.807, 2.05) is 36.4 Å². The molecule has 0 aromatic heterocycles. The maximum Gasteiger partial charge on any atom is 0.133 e. The standard InChI is InChI=1S/C21H20O4/c1-5-11-24-18-9-7-16(20(14-18)22-3)13-17-8-10-19(25-12-6-2)15-21(17)23-4/h7-12,14-15H,1-2,13H2,3-4H3. The molecule has 0 atom stereocenters. The Bertz CT molecular complexity index is 756. The summed E-state index contributed by atoms with van der Waals surface area (Å²) in [5, 5.41) is 0. The molecule has 0 N–H and O–H groups in total. The fourth-order valence-corrected chi connectivity index (χ4v) is 2.31. The average Bonchev–Trinajstić information content (AvgIpc) is 2.66. The summed E-state index contributed by atoms with van der Waals surface area (Å²) in [6.07, 6.45) is 3.43. The van der Waals surface area contributed by atoms with Gasteiger partial charge in [0, 0.05) is 18.6 Å². The second-order valence-corrected chi connectivity index (χ2v) is 5.00. The number of hydrogen-bond acceptors (Lipinski definition) is 4. The molecule has 0 bridgehead atoms. The summed E-state index contributed by atoms with van der Waals surface area (Å²) in [6, 6.07) is 11.3. The highest BCUT2D eigenvalue weighted by molar-refractivity contribution is 5.48. The molecule has 25 heavy (non-hydrogen) atoms. The lowest BCUT2D eigenvalue weighted by Gasteiger charge is -2.13. The molecule has 2 aromatic rings. The Hall–Kier alpha value is -3.32. The van der Waals surface area contributed by atoms with Gasteiger partial charge in [-0.2, -0.15) is 0 Å². The van der Waals surface area contributed by atoms with E-state index in [1.54, 1.807) is 14.2 Å². The molecule has 0 saturated carbocycles. The Labute approximate surface area is 147 Å². The van der Waals surface area contributed by atoms with Gasteiger partial charge in [-0.15, -0.1) is 0 Å². The van der Waals surface area contributed by atoms with Gasteiger partial charge in [-0.1, -0.05) is 36.8 Å². The van der Waals surface area contributed by atoms with Crippen LogP contribution in [0.4, 0.5) is 0 Å². The molecule has 0 amide bonds. The molecule has 4 heteroatoms. The van der Waals surface area contributed by atoms with E-state index in [4.69, 9.17) is 18.9 Å². The van der Waals surface area contributed by atoms with Crippen molar-refractivity contribution in [3.63, 3.8) is 0 Å². The van der Waals surface area contributed by atoms with E-state index in [2.05, 4.69) is 24.6 Å². The summed E-state index contributed by atoms with van der Waals surface area (Å²) in [5.41, 5.74) is 7.15. The van der Waals surface area contributed by atoms with E-state index in [9.17, 15) is 0 Å². The predicted octanol–water partition coefficient (Wildman–Crippen LogP) is 4.65. The quantitative estimate of drug-likeness (QED) is 0.519. The summed E-state index contributed by atoms with van der Waals surface area (Å²) >= 11 is 0. The maximum atomic E-state index is 5.47. The molecule has 0 aliphatic carbocycles. The van der Waals surface area contributed by atoms with Crippen molar-refractivity contribution in [1.82, 2.24) is 0 Å². The second-order valence-electron chi connectivity index (χ2n) is 5.00. The minimum absolute atomic E-state index is 0.640. The van der Waals surface area contributed by atoms with Crippen LogP contribution in [0.2, 0.25) is 0 Å². The molecule has 2 aromatic carbocycles. The highest BCUT2D eigenvalue weighted by Gasteiger charge is 2.11. The molecule has 0 spiro atoms. The third-order valence-corrected chi connectivity index (χ3v) is 3.45. The van der Waals surface area contributed by atoms with Crippen LogP contribution in [0.5, 0.6) is 23.0 Å². The molecular formula is C21H20O4. The van der Waals surface area contributed by atoms with Gasteiger partial charge in [-0.3, -0.25) is 0 Å². The van der Waals surface area contributed by atoms with Crippen molar-refractivity contribution < 1.29 is 18.9 Å². The largest absolute Gasteiger partial charge is 0.496 e. The molecule has 0 aliphatic heterocycles. The van der Waals surface area contributed by atoms with Gasteiger partial charge in [0.25, 0.3) is 0 Å². The zero-order valence-electron chi connectivity index (χ0n) is 14.4. The summed E-state index contributed by atoms with van der Waals surface area (Å²) in [5.74, 6) is 2.77. The lowest BCUT2D eigenvalue weighted by Crippen LogP contribution is -1.98. The number of ether oxygens (including phenoxy) is 4. The molecule has 0 fully saturated rings. The summed E-state index contributed by atoms with van der Waals surface area (Å²) in [7, 11) is 3.25. The van der Waals surface area contributed by atoms with Gasteiger partial charge in [-0.05, 0) is 23.3 Å². The van der Waals surface area contributed by atoms with E-state index in [1.165, 1.54) is 12.5 Å². The first-order chi connectivity index (χ1) is 12.2. The normalized spacial score (nSPS) is 9.36. The summed E-state index contributed by atoms with van der Waals surface area (Å²) < 4.78 is 21.7. The topological polar surface area (TPSA) is 36.9 Å². The van der Waals surface area contributed by atoms with Gasteiger partial charge in [0.15, 0.2) is 0 Å². The third kappa shape index (κ3) is 4.82. The number of hydrogen-bond donors (Lipinski definition) is 0. The Kier molecular flexibility index (Phi) is 6.56. The van der Waals surface area contributed by atoms with Crippen LogP contribution in [0.1, 0.15) is 11.1 Å². The first-order valence-corrected chi connectivity index (χ1v) is 7.57. The highest BCUT2D eigenvalue weighted by Crippen LogP contribution is 2.31. The van der Waals surface area contributed by atoms with Crippen molar-refractivity contribution >= 4 is 0 Å². The molecular weight excluding hydrogens is 316 g/mol. The van der Waals surface area contributed by atoms with Crippen LogP contribution < -0.4 is 18.9 Å². The van der Waals surface area contributed by atoms with Gasteiger partial charge in [0.05, 0.1) is 14.2 Å². The van der Waals surface area contributed by atoms with Crippen molar-refractivity contribution in [3.05, 3.63) is 84.7 Å². The van der Waals surface area contributed by atoms with Gasteiger partial charge < -0.3 is 18.9 Å². The zero-order chi connectivity index (χ0) is 18.1. The smallest absolute Gasteiger partial charge is 0.133 e.